The number of hydrogen-bond acceptors (Lipinski definition) is 0. The van der Waals surface area contributed by atoms with Crippen molar-refractivity contribution in [3.8, 4) is 0 Å². The minimum absolute atomic E-state index is 0. The van der Waals surface area contributed by atoms with Crippen molar-refractivity contribution in [1.82, 2.24) is 0 Å². The number of hydrogen-bond donors (Lipinski definition) is 0. The third-order valence-electron chi connectivity index (χ3n) is 2.82. The zero-order valence-corrected chi connectivity index (χ0v) is 9.79. The van der Waals surface area contributed by atoms with Gasteiger partial charge >= 0.3 is 18.9 Å². The van der Waals surface area contributed by atoms with Gasteiger partial charge in [0.25, 0.3) is 0 Å². The molecule has 2 aliphatic carbocycles. The molecule has 0 nitrogen and oxygen atoms in total. The van der Waals surface area contributed by atoms with Gasteiger partial charge in [-0.05, 0) is 12.8 Å². The standard InChI is InChI=1S/C14H17.Li/c1-2-7-14(12-8-3-4-9-12)13-10-5-6-11-13;/h3-6,8,10H,2,7,9,11H2,1H3;/q-1;+1. The van der Waals surface area contributed by atoms with Crippen LogP contribution in [0.3, 0.4) is 0 Å². The second-order valence-corrected chi connectivity index (χ2v) is 3.88. The summed E-state index contributed by atoms with van der Waals surface area (Å²) >= 11 is 0. The first-order chi connectivity index (χ1) is 6.92. The molecule has 0 bridgehead atoms. The van der Waals surface area contributed by atoms with Crippen LogP contribution in [0, 0.1) is 5.92 Å². The molecule has 0 aromatic rings. The molecular formula is C14H17Li. The largest absolute Gasteiger partial charge is 1.00 e. The van der Waals surface area contributed by atoms with Crippen LogP contribution in [-0.2, 0) is 0 Å². The van der Waals surface area contributed by atoms with Crippen molar-refractivity contribution in [2.24, 2.45) is 0 Å². The molecule has 0 aromatic heterocycles. The van der Waals surface area contributed by atoms with Crippen molar-refractivity contribution in [3.63, 3.8) is 0 Å². The fraction of sp³-hybridized carbons (Fsp3) is 0.357. The number of rotatable bonds is 4. The van der Waals surface area contributed by atoms with Gasteiger partial charge < -0.3 is 0 Å². The second kappa shape index (κ2) is 6.11. The topological polar surface area (TPSA) is 0 Å². The summed E-state index contributed by atoms with van der Waals surface area (Å²) in [7, 11) is 0. The third-order valence-corrected chi connectivity index (χ3v) is 2.82. The van der Waals surface area contributed by atoms with Crippen molar-refractivity contribution in [2.75, 3.05) is 0 Å². The van der Waals surface area contributed by atoms with Gasteiger partial charge in [0, 0.05) is 0 Å². The van der Waals surface area contributed by atoms with Crippen LogP contribution < -0.4 is 18.9 Å². The molecule has 0 unspecified atom stereocenters. The monoisotopic (exact) mass is 192 g/mol. The normalized spacial score (nSPS) is 17.4. The summed E-state index contributed by atoms with van der Waals surface area (Å²) in [6, 6.07) is 0. The van der Waals surface area contributed by atoms with E-state index >= 15 is 0 Å². The average molecular weight is 192 g/mol. The van der Waals surface area contributed by atoms with E-state index in [9.17, 15) is 0 Å². The van der Waals surface area contributed by atoms with Crippen LogP contribution >= 0.6 is 0 Å². The van der Waals surface area contributed by atoms with E-state index in [0.29, 0.717) is 0 Å². The van der Waals surface area contributed by atoms with Crippen LogP contribution in [0.4, 0.5) is 0 Å². The van der Waals surface area contributed by atoms with Gasteiger partial charge in [-0.1, -0.05) is 31.9 Å². The fourth-order valence-electron chi connectivity index (χ4n) is 2.12. The van der Waals surface area contributed by atoms with Crippen molar-refractivity contribution < 1.29 is 18.9 Å². The molecule has 1 heteroatoms. The van der Waals surface area contributed by atoms with Crippen LogP contribution in [0.2, 0.25) is 0 Å². The van der Waals surface area contributed by atoms with Crippen molar-refractivity contribution in [2.45, 2.75) is 32.6 Å². The van der Waals surface area contributed by atoms with Gasteiger partial charge in [0.15, 0.2) is 0 Å². The quantitative estimate of drug-likeness (QED) is 0.463. The second-order valence-electron chi connectivity index (χ2n) is 3.88. The van der Waals surface area contributed by atoms with E-state index in [-0.39, 0.29) is 18.9 Å². The predicted octanol–water partition coefficient (Wildman–Crippen LogP) is 1.14. The molecule has 2 rings (SSSR count). The molecule has 0 atom stereocenters. The predicted molar refractivity (Wildman–Crippen MR) is 61.8 cm³/mol. The van der Waals surface area contributed by atoms with Gasteiger partial charge in [0.05, 0.1) is 0 Å². The first-order valence-corrected chi connectivity index (χ1v) is 5.49. The van der Waals surface area contributed by atoms with Crippen molar-refractivity contribution >= 4 is 0 Å². The zero-order valence-electron chi connectivity index (χ0n) is 9.79. The SMILES string of the molecule is CCC[C-](C1=CC=CC1)C1=CC=CC1.[Li+]. The molecular weight excluding hydrogens is 175 g/mol. The van der Waals surface area contributed by atoms with E-state index in [1.165, 1.54) is 24.0 Å². The molecule has 0 fully saturated rings. The molecule has 74 valence electrons. The summed E-state index contributed by atoms with van der Waals surface area (Å²) < 4.78 is 0. The molecule has 0 aromatic carbocycles. The van der Waals surface area contributed by atoms with E-state index in [1.807, 2.05) is 0 Å². The van der Waals surface area contributed by atoms with Crippen molar-refractivity contribution in [1.29, 1.82) is 0 Å². The Morgan fingerprint density at radius 1 is 1.07 bits per heavy atom. The van der Waals surface area contributed by atoms with Gasteiger partial charge in [0.2, 0.25) is 0 Å². The van der Waals surface area contributed by atoms with Crippen molar-refractivity contribution in [3.05, 3.63) is 53.5 Å². The fourth-order valence-corrected chi connectivity index (χ4v) is 2.12. The maximum absolute atomic E-state index is 2.27. The molecule has 0 saturated heterocycles. The van der Waals surface area contributed by atoms with Crippen LogP contribution in [0.5, 0.6) is 0 Å². The molecule has 0 spiro atoms. The Hall–Kier alpha value is -0.573. The van der Waals surface area contributed by atoms with Crippen LogP contribution in [0.15, 0.2) is 47.6 Å². The molecule has 0 radical (unpaired) electrons. The molecule has 0 aliphatic heterocycles. The smallest absolute Gasteiger partial charge is 0.155 e. The molecule has 0 N–H and O–H groups in total. The summed E-state index contributed by atoms with van der Waals surface area (Å²) in [5.41, 5.74) is 3.06. The Kier molecular flexibility index (Phi) is 5.09. The Labute approximate surface area is 105 Å². The van der Waals surface area contributed by atoms with Gasteiger partial charge in [-0.25, -0.2) is 0 Å². The first kappa shape index (κ1) is 12.5. The van der Waals surface area contributed by atoms with Crippen LogP contribution in [0.1, 0.15) is 32.6 Å². The molecule has 0 saturated carbocycles. The van der Waals surface area contributed by atoms with Gasteiger partial charge in [0.1, 0.15) is 0 Å². The molecule has 0 amide bonds. The molecule has 2 aliphatic rings. The average Bonchev–Trinajstić information content (AvgIpc) is 2.87. The van der Waals surface area contributed by atoms with Crippen LogP contribution in [0.25, 0.3) is 0 Å². The van der Waals surface area contributed by atoms with Gasteiger partial charge in [-0.2, -0.15) is 12.2 Å². The maximum Gasteiger partial charge on any atom is 1.00 e. The zero-order chi connectivity index (χ0) is 9.80. The Balaban J connectivity index is 0.00000112. The first-order valence-electron chi connectivity index (χ1n) is 5.49. The van der Waals surface area contributed by atoms with E-state index < -0.39 is 0 Å². The summed E-state index contributed by atoms with van der Waals surface area (Å²) in [5, 5.41) is 0. The minimum Gasteiger partial charge on any atom is -0.155 e. The Morgan fingerprint density at radius 2 is 1.60 bits per heavy atom. The molecule has 0 heterocycles. The number of allylic oxidation sites excluding steroid dienone is 8. The van der Waals surface area contributed by atoms with Gasteiger partial charge in [-0.3, -0.25) is 0 Å². The summed E-state index contributed by atoms with van der Waals surface area (Å²) in [6.45, 7) is 2.26. The molecule has 15 heavy (non-hydrogen) atoms. The Bertz CT molecular complexity index is 288. The summed E-state index contributed by atoms with van der Waals surface area (Å²) in [5.74, 6) is 1.59. The summed E-state index contributed by atoms with van der Waals surface area (Å²) in [4.78, 5) is 0. The minimum atomic E-state index is 0. The van der Waals surface area contributed by atoms with E-state index in [0.717, 1.165) is 12.8 Å². The van der Waals surface area contributed by atoms with E-state index in [2.05, 4.69) is 43.4 Å². The van der Waals surface area contributed by atoms with E-state index in [4.69, 9.17) is 0 Å². The summed E-state index contributed by atoms with van der Waals surface area (Å²) in [6.07, 6.45) is 18.1. The van der Waals surface area contributed by atoms with Crippen LogP contribution in [-0.4, -0.2) is 0 Å². The maximum atomic E-state index is 2.27. The van der Waals surface area contributed by atoms with E-state index in [1.54, 1.807) is 5.92 Å². The van der Waals surface area contributed by atoms with Gasteiger partial charge in [-0.15, -0.1) is 29.2 Å². The Morgan fingerprint density at radius 3 is 1.93 bits per heavy atom. The third kappa shape index (κ3) is 2.94.